The van der Waals surface area contributed by atoms with Gasteiger partial charge in [-0.15, -0.1) is 0 Å². The largest absolute Gasteiger partial charge is 0.336 e. The summed E-state index contributed by atoms with van der Waals surface area (Å²) in [5.41, 5.74) is 1.34. The topological polar surface area (TPSA) is 41.4 Å². The maximum Gasteiger partial charge on any atom is 0.237 e. The molecule has 2 atom stereocenters. The summed E-state index contributed by atoms with van der Waals surface area (Å²) in [5, 5.41) is 4.28. The average Bonchev–Trinajstić information content (AvgIpc) is 2.94. The summed E-state index contributed by atoms with van der Waals surface area (Å²) in [6.45, 7) is 7.02. The van der Waals surface area contributed by atoms with Crippen LogP contribution in [0, 0.1) is 0 Å². The Morgan fingerprint density at radius 3 is 2.39 bits per heavy atom. The van der Waals surface area contributed by atoms with E-state index in [9.17, 15) is 4.79 Å². The van der Waals surface area contributed by atoms with E-state index in [2.05, 4.69) is 34.9 Å². The summed E-state index contributed by atoms with van der Waals surface area (Å²) in [5.74, 6) is 0.924. The van der Waals surface area contributed by atoms with Crippen molar-refractivity contribution in [2.75, 3.05) is 19.6 Å². The van der Waals surface area contributed by atoms with Gasteiger partial charge in [-0.3, -0.25) is 14.4 Å². The molecule has 0 saturated carbocycles. The molecule has 2 unspecified atom stereocenters. The molecule has 3 heterocycles. The lowest BCUT2D eigenvalue weighted by molar-refractivity contribution is -0.138. The summed E-state index contributed by atoms with van der Waals surface area (Å²) in [6.07, 6.45) is 9.93. The highest BCUT2D eigenvalue weighted by molar-refractivity contribution is 5.79. The molecular weight excluding hydrogens is 288 g/mol. The smallest absolute Gasteiger partial charge is 0.237 e. The second-order valence-electron chi connectivity index (χ2n) is 7.43. The van der Waals surface area contributed by atoms with E-state index in [-0.39, 0.29) is 0 Å². The molecule has 0 spiro atoms. The third kappa shape index (κ3) is 3.77. The molecule has 2 aliphatic rings. The standard InChI is InChI=1S/C18H30N4O/c1-14-5-4-6-15(2)22(14)18(23)13-21-9-7-16(8-10-21)17-11-19-20(3)12-17/h11-12,14-16H,4-10,13H2,1-3H3. The van der Waals surface area contributed by atoms with Crippen LogP contribution in [0.3, 0.4) is 0 Å². The first-order valence-corrected chi connectivity index (χ1v) is 9.06. The molecule has 3 rings (SSSR count). The molecule has 1 aromatic heterocycles. The van der Waals surface area contributed by atoms with E-state index in [1.54, 1.807) is 0 Å². The molecule has 5 heteroatoms. The van der Waals surface area contributed by atoms with Gasteiger partial charge in [0, 0.05) is 25.3 Å². The molecule has 0 N–H and O–H groups in total. The van der Waals surface area contributed by atoms with Crippen molar-refractivity contribution < 1.29 is 4.79 Å². The van der Waals surface area contributed by atoms with Crippen LogP contribution in [0.5, 0.6) is 0 Å². The number of hydrogen-bond donors (Lipinski definition) is 0. The SMILES string of the molecule is CC1CCCC(C)N1C(=O)CN1CCC(c2cnn(C)c2)CC1. The highest BCUT2D eigenvalue weighted by Crippen LogP contribution is 2.28. The Hall–Kier alpha value is -1.36. The molecule has 2 aliphatic heterocycles. The summed E-state index contributed by atoms with van der Waals surface area (Å²) < 4.78 is 1.88. The zero-order chi connectivity index (χ0) is 16.4. The molecule has 2 saturated heterocycles. The fourth-order valence-electron chi connectivity index (χ4n) is 4.26. The van der Waals surface area contributed by atoms with Gasteiger partial charge in [0.25, 0.3) is 0 Å². The van der Waals surface area contributed by atoms with E-state index in [0.29, 0.717) is 30.5 Å². The van der Waals surface area contributed by atoms with Crippen LogP contribution in [0.1, 0.15) is 57.4 Å². The molecule has 1 amide bonds. The van der Waals surface area contributed by atoms with Gasteiger partial charge in [-0.25, -0.2) is 0 Å². The lowest BCUT2D eigenvalue weighted by Crippen LogP contribution is -2.51. The zero-order valence-electron chi connectivity index (χ0n) is 14.7. The zero-order valence-corrected chi connectivity index (χ0v) is 14.7. The third-order valence-corrected chi connectivity index (χ3v) is 5.62. The first kappa shape index (κ1) is 16.5. The van der Waals surface area contributed by atoms with Crippen molar-refractivity contribution in [3.63, 3.8) is 0 Å². The normalized spacial score (nSPS) is 27.3. The molecule has 2 fully saturated rings. The number of carbonyl (C=O) groups is 1. The van der Waals surface area contributed by atoms with Crippen molar-refractivity contribution in [3.05, 3.63) is 18.0 Å². The predicted octanol–water partition coefficient (Wildman–Crippen LogP) is 2.39. The van der Waals surface area contributed by atoms with Gasteiger partial charge in [0.1, 0.15) is 0 Å². The number of aryl methyl sites for hydroxylation is 1. The van der Waals surface area contributed by atoms with Crippen molar-refractivity contribution in [2.45, 2.75) is 64.0 Å². The van der Waals surface area contributed by atoms with Crippen LogP contribution in [0.2, 0.25) is 0 Å². The molecule has 0 bridgehead atoms. The molecule has 0 aromatic carbocycles. The van der Waals surface area contributed by atoms with E-state index in [1.165, 1.54) is 12.0 Å². The lowest BCUT2D eigenvalue weighted by atomic mass is 9.91. The molecule has 1 aromatic rings. The fraction of sp³-hybridized carbons (Fsp3) is 0.778. The van der Waals surface area contributed by atoms with Crippen molar-refractivity contribution in [1.82, 2.24) is 19.6 Å². The highest BCUT2D eigenvalue weighted by Gasteiger charge is 2.31. The second-order valence-corrected chi connectivity index (χ2v) is 7.43. The molecule has 23 heavy (non-hydrogen) atoms. The van der Waals surface area contributed by atoms with Crippen LogP contribution in [-0.4, -0.2) is 57.2 Å². The quantitative estimate of drug-likeness (QED) is 0.859. The minimum absolute atomic E-state index is 0.324. The molecular formula is C18H30N4O. The molecule has 0 radical (unpaired) electrons. The van der Waals surface area contributed by atoms with Gasteiger partial charge < -0.3 is 4.90 Å². The van der Waals surface area contributed by atoms with Gasteiger partial charge in [-0.2, -0.15) is 5.10 Å². The Bertz CT molecular complexity index is 523. The number of aromatic nitrogens is 2. The Labute approximate surface area is 139 Å². The monoisotopic (exact) mass is 318 g/mol. The van der Waals surface area contributed by atoms with E-state index in [0.717, 1.165) is 38.8 Å². The second kappa shape index (κ2) is 7.04. The average molecular weight is 318 g/mol. The van der Waals surface area contributed by atoms with Crippen molar-refractivity contribution >= 4 is 5.91 Å². The fourth-order valence-corrected chi connectivity index (χ4v) is 4.26. The Morgan fingerprint density at radius 1 is 1.17 bits per heavy atom. The Kier molecular flexibility index (Phi) is 5.05. The lowest BCUT2D eigenvalue weighted by Gasteiger charge is -2.41. The van der Waals surface area contributed by atoms with Gasteiger partial charge in [0.05, 0.1) is 12.7 Å². The van der Waals surface area contributed by atoms with Gasteiger partial charge in [-0.05, 0) is 70.5 Å². The third-order valence-electron chi connectivity index (χ3n) is 5.62. The summed E-state index contributed by atoms with van der Waals surface area (Å²) in [6, 6.07) is 0.804. The summed E-state index contributed by atoms with van der Waals surface area (Å²) in [7, 11) is 1.97. The predicted molar refractivity (Wildman–Crippen MR) is 91.2 cm³/mol. The van der Waals surface area contributed by atoms with E-state index in [1.807, 2.05) is 17.9 Å². The highest BCUT2D eigenvalue weighted by atomic mass is 16.2. The maximum absolute atomic E-state index is 12.7. The van der Waals surface area contributed by atoms with Gasteiger partial charge in [0.2, 0.25) is 5.91 Å². The van der Waals surface area contributed by atoms with Crippen LogP contribution >= 0.6 is 0 Å². The Morgan fingerprint density at radius 2 is 1.83 bits per heavy atom. The van der Waals surface area contributed by atoms with Gasteiger partial charge >= 0.3 is 0 Å². The van der Waals surface area contributed by atoms with Crippen molar-refractivity contribution in [3.8, 4) is 0 Å². The van der Waals surface area contributed by atoms with Crippen LogP contribution in [0.4, 0.5) is 0 Å². The number of hydrogen-bond acceptors (Lipinski definition) is 3. The van der Waals surface area contributed by atoms with Crippen LogP contribution < -0.4 is 0 Å². The van der Waals surface area contributed by atoms with Crippen LogP contribution in [-0.2, 0) is 11.8 Å². The molecule has 5 nitrogen and oxygen atoms in total. The van der Waals surface area contributed by atoms with Crippen molar-refractivity contribution in [1.29, 1.82) is 0 Å². The van der Waals surface area contributed by atoms with E-state index < -0.39 is 0 Å². The Balaban J connectivity index is 1.51. The van der Waals surface area contributed by atoms with E-state index in [4.69, 9.17) is 0 Å². The number of rotatable bonds is 3. The minimum atomic E-state index is 0.324. The number of likely N-dealkylation sites (tertiary alicyclic amines) is 2. The van der Waals surface area contributed by atoms with Gasteiger partial charge in [-0.1, -0.05) is 0 Å². The first-order valence-electron chi connectivity index (χ1n) is 9.06. The summed E-state index contributed by atoms with van der Waals surface area (Å²) in [4.78, 5) is 17.2. The maximum atomic E-state index is 12.7. The number of piperidine rings is 2. The number of carbonyl (C=O) groups excluding carboxylic acids is 1. The van der Waals surface area contributed by atoms with Gasteiger partial charge in [0.15, 0.2) is 0 Å². The van der Waals surface area contributed by atoms with E-state index >= 15 is 0 Å². The number of amides is 1. The first-order chi connectivity index (χ1) is 11.0. The number of nitrogens with zero attached hydrogens (tertiary/aromatic N) is 4. The van der Waals surface area contributed by atoms with Crippen molar-refractivity contribution in [2.24, 2.45) is 7.05 Å². The molecule has 0 aliphatic carbocycles. The minimum Gasteiger partial charge on any atom is -0.336 e. The van der Waals surface area contributed by atoms with Crippen LogP contribution in [0.25, 0.3) is 0 Å². The van der Waals surface area contributed by atoms with Crippen LogP contribution in [0.15, 0.2) is 12.4 Å². The molecule has 128 valence electrons. The summed E-state index contributed by atoms with van der Waals surface area (Å²) >= 11 is 0.